The molecule has 1 aliphatic heterocycles. The van der Waals surface area contributed by atoms with Gasteiger partial charge in [0.1, 0.15) is 5.69 Å². The second kappa shape index (κ2) is 8.19. The predicted molar refractivity (Wildman–Crippen MR) is 102 cm³/mol. The quantitative estimate of drug-likeness (QED) is 0.594. The zero-order valence-corrected chi connectivity index (χ0v) is 15.1. The first-order valence-electron chi connectivity index (χ1n) is 8.55. The molecule has 0 atom stereocenters. The summed E-state index contributed by atoms with van der Waals surface area (Å²) in [6.45, 7) is 2.32. The fraction of sp³-hybridized carbons (Fsp3) is 0.316. The van der Waals surface area contributed by atoms with E-state index in [4.69, 9.17) is 11.6 Å². The molecule has 0 N–H and O–H groups in total. The van der Waals surface area contributed by atoms with Gasteiger partial charge in [-0.2, -0.15) is 0 Å². The highest BCUT2D eigenvalue weighted by atomic mass is 35.5. The van der Waals surface area contributed by atoms with Crippen LogP contribution in [0, 0.1) is 10.1 Å². The Morgan fingerprint density at radius 2 is 1.81 bits per heavy atom. The second-order valence-electron chi connectivity index (χ2n) is 6.24. The fourth-order valence-electron chi connectivity index (χ4n) is 3.18. The van der Waals surface area contributed by atoms with Gasteiger partial charge in [0, 0.05) is 43.7 Å². The molecular weight excluding hydrogens is 354 g/mol. The molecule has 0 bridgehead atoms. The number of rotatable bonds is 5. The number of nitro benzene ring substituents is 1. The normalized spacial score (nSPS) is 14.3. The van der Waals surface area contributed by atoms with Gasteiger partial charge >= 0.3 is 0 Å². The van der Waals surface area contributed by atoms with Crippen LogP contribution in [0.5, 0.6) is 0 Å². The minimum atomic E-state index is -0.363. The Morgan fingerprint density at radius 1 is 1.08 bits per heavy atom. The highest BCUT2D eigenvalue weighted by Crippen LogP contribution is 2.28. The van der Waals surface area contributed by atoms with Crippen molar-refractivity contribution < 1.29 is 9.72 Å². The van der Waals surface area contributed by atoms with Crippen LogP contribution in [0.1, 0.15) is 12.0 Å². The molecule has 6 nitrogen and oxygen atoms in total. The number of carbonyl (C=O) groups is 1. The monoisotopic (exact) mass is 373 g/mol. The Balaban J connectivity index is 1.55. The smallest absolute Gasteiger partial charge is 0.292 e. The maximum absolute atomic E-state index is 12.4. The van der Waals surface area contributed by atoms with Crippen LogP contribution in [0.15, 0.2) is 48.5 Å². The van der Waals surface area contributed by atoms with Crippen molar-refractivity contribution in [2.24, 2.45) is 0 Å². The number of para-hydroxylation sites is 2. The summed E-state index contributed by atoms with van der Waals surface area (Å²) in [4.78, 5) is 27.1. The van der Waals surface area contributed by atoms with Gasteiger partial charge in [-0.05, 0) is 30.2 Å². The van der Waals surface area contributed by atoms with E-state index in [1.54, 1.807) is 18.2 Å². The first-order chi connectivity index (χ1) is 12.5. The molecule has 2 aromatic rings. The first-order valence-corrected chi connectivity index (χ1v) is 8.93. The minimum Gasteiger partial charge on any atom is -0.362 e. The van der Waals surface area contributed by atoms with Crippen LogP contribution in [0.2, 0.25) is 5.02 Å². The van der Waals surface area contributed by atoms with Crippen molar-refractivity contribution in [1.29, 1.82) is 0 Å². The average Bonchev–Trinajstić information content (AvgIpc) is 2.66. The highest BCUT2D eigenvalue weighted by Gasteiger charge is 2.25. The third-order valence-electron chi connectivity index (χ3n) is 4.57. The SMILES string of the molecule is O=C(CCc1cccc(Cl)c1)N1CCN(c2ccccc2[N+](=O)[O-])CC1. The first kappa shape index (κ1) is 18.2. The molecule has 3 rings (SSSR count). The number of aryl methyl sites for hydroxylation is 1. The number of hydrogen-bond acceptors (Lipinski definition) is 4. The van der Waals surface area contributed by atoms with Gasteiger partial charge in [-0.15, -0.1) is 0 Å². The Kier molecular flexibility index (Phi) is 5.73. The molecule has 1 heterocycles. The molecule has 0 spiro atoms. The molecule has 1 aliphatic rings. The van der Waals surface area contributed by atoms with Gasteiger partial charge in [0.2, 0.25) is 5.91 Å². The number of anilines is 1. The van der Waals surface area contributed by atoms with E-state index in [1.165, 1.54) is 6.07 Å². The van der Waals surface area contributed by atoms with E-state index in [0.717, 1.165) is 5.56 Å². The van der Waals surface area contributed by atoms with Gasteiger partial charge in [-0.1, -0.05) is 35.9 Å². The number of piperazine rings is 1. The Hall–Kier alpha value is -2.60. The summed E-state index contributed by atoms with van der Waals surface area (Å²) < 4.78 is 0. The molecule has 1 amide bonds. The van der Waals surface area contributed by atoms with Crippen LogP contribution in [-0.2, 0) is 11.2 Å². The van der Waals surface area contributed by atoms with Gasteiger partial charge in [0.25, 0.3) is 5.69 Å². The van der Waals surface area contributed by atoms with Gasteiger partial charge < -0.3 is 9.80 Å². The number of amides is 1. The molecule has 0 aromatic heterocycles. The number of nitrogens with zero attached hydrogens (tertiary/aromatic N) is 3. The summed E-state index contributed by atoms with van der Waals surface area (Å²) in [7, 11) is 0. The number of nitro groups is 1. The van der Waals surface area contributed by atoms with Crippen LogP contribution in [0.4, 0.5) is 11.4 Å². The van der Waals surface area contributed by atoms with E-state index in [-0.39, 0.29) is 16.5 Å². The number of hydrogen-bond donors (Lipinski definition) is 0. The number of carbonyl (C=O) groups excluding carboxylic acids is 1. The van der Waals surface area contributed by atoms with Crippen LogP contribution in [0.25, 0.3) is 0 Å². The predicted octanol–water partition coefficient (Wildman–Crippen LogP) is 3.53. The number of halogens is 1. The van der Waals surface area contributed by atoms with E-state index < -0.39 is 0 Å². The lowest BCUT2D eigenvalue weighted by molar-refractivity contribution is -0.384. The Labute approximate surface area is 157 Å². The van der Waals surface area contributed by atoms with Crippen molar-refractivity contribution in [1.82, 2.24) is 4.90 Å². The lowest BCUT2D eigenvalue weighted by Gasteiger charge is -2.35. The molecular formula is C19H20ClN3O3. The van der Waals surface area contributed by atoms with Crippen molar-refractivity contribution in [3.05, 3.63) is 69.2 Å². The molecule has 26 heavy (non-hydrogen) atoms. The van der Waals surface area contributed by atoms with E-state index in [9.17, 15) is 14.9 Å². The van der Waals surface area contributed by atoms with Crippen molar-refractivity contribution in [2.75, 3.05) is 31.1 Å². The Bertz CT molecular complexity index is 804. The van der Waals surface area contributed by atoms with Crippen LogP contribution in [0.3, 0.4) is 0 Å². The van der Waals surface area contributed by atoms with Crippen molar-refractivity contribution in [2.45, 2.75) is 12.8 Å². The zero-order chi connectivity index (χ0) is 18.5. The second-order valence-corrected chi connectivity index (χ2v) is 6.68. The lowest BCUT2D eigenvalue weighted by Crippen LogP contribution is -2.49. The average molecular weight is 374 g/mol. The summed E-state index contributed by atoms with van der Waals surface area (Å²) in [5, 5.41) is 11.9. The molecule has 0 unspecified atom stereocenters. The van der Waals surface area contributed by atoms with E-state index >= 15 is 0 Å². The van der Waals surface area contributed by atoms with Crippen LogP contribution >= 0.6 is 11.6 Å². The third-order valence-corrected chi connectivity index (χ3v) is 4.80. The zero-order valence-electron chi connectivity index (χ0n) is 14.3. The maximum atomic E-state index is 12.4. The lowest BCUT2D eigenvalue weighted by atomic mass is 10.1. The summed E-state index contributed by atoms with van der Waals surface area (Å²) in [6, 6.07) is 14.3. The molecule has 1 saturated heterocycles. The molecule has 0 saturated carbocycles. The van der Waals surface area contributed by atoms with Crippen LogP contribution in [-0.4, -0.2) is 41.9 Å². The van der Waals surface area contributed by atoms with E-state index in [2.05, 4.69) is 0 Å². The largest absolute Gasteiger partial charge is 0.362 e. The standard InChI is InChI=1S/C19H20ClN3O3/c20-16-5-3-4-15(14-16)8-9-19(24)22-12-10-21(11-13-22)17-6-1-2-7-18(17)23(25)26/h1-7,14H,8-13H2. The highest BCUT2D eigenvalue weighted by molar-refractivity contribution is 6.30. The van der Waals surface area contributed by atoms with Gasteiger partial charge in [-0.3, -0.25) is 14.9 Å². The van der Waals surface area contributed by atoms with Gasteiger partial charge in [0.15, 0.2) is 0 Å². The van der Waals surface area contributed by atoms with Gasteiger partial charge in [0.05, 0.1) is 4.92 Å². The fourth-order valence-corrected chi connectivity index (χ4v) is 3.40. The van der Waals surface area contributed by atoms with E-state index in [1.807, 2.05) is 34.1 Å². The van der Waals surface area contributed by atoms with E-state index in [0.29, 0.717) is 49.7 Å². The summed E-state index contributed by atoms with van der Waals surface area (Å²) >= 11 is 5.97. The van der Waals surface area contributed by atoms with Gasteiger partial charge in [-0.25, -0.2) is 0 Å². The number of benzene rings is 2. The topological polar surface area (TPSA) is 66.7 Å². The Morgan fingerprint density at radius 3 is 2.50 bits per heavy atom. The summed E-state index contributed by atoms with van der Waals surface area (Å²) in [6.07, 6.45) is 1.09. The van der Waals surface area contributed by atoms with Crippen molar-refractivity contribution >= 4 is 28.9 Å². The minimum absolute atomic E-state index is 0.104. The van der Waals surface area contributed by atoms with Crippen LogP contribution < -0.4 is 4.90 Å². The molecule has 0 radical (unpaired) electrons. The maximum Gasteiger partial charge on any atom is 0.292 e. The molecule has 136 valence electrons. The molecule has 0 aliphatic carbocycles. The molecule has 1 fully saturated rings. The molecule has 7 heteroatoms. The summed E-state index contributed by atoms with van der Waals surface area (Å²) in [5.41, 5.74) is 1.76. The molecule has 2 aromatic carbocycles. The third kappa shape index (κ3) is 4.32. The van der Waals surface area contributed by atoms with Crippen molar-refractivity contribution in [3.8, 4) is 0 Å². The summed E-state index contributed by atoms with van der Waals surface area (Å²) in [5.74, 6) is 0.104. The van der Waals surface area contributed by atoms with Crippen molar-refractivity contribution in [3.63, 3.8) is 0 Å².